The summed E-state index contributed by atoms with van der Waals surface area (Å²) in [5.74, 6) is 0. The fourth-order valence-corrected chi connectivity index (χ4v) is 1.97. The van der Waals surface area contributed by atoms with E-state index in [1.54, 1.807) is 19.1 Å². The number of aromatic nitrogens is 3. The summed E-state index contributed by atoms with van der Waals surface area (Å²) in [4.78, 5) is 30.5. The lowest BCUT2D eigenvalue weighted by Gasteiger charge is -2.07. The predicted molar refractivity (Wildman–Crippen MR) is 69.6 cm³/mol. The number of aromatic amines is 1. The number of nitrogens with one attached hydrogen (secondary N) is 1. The lowest BCUT2D eigenvalue weighted by molar-refractivity contribution is 0.836. The molecule has 0 fully saturated rings. The first-order valence-electron chi connectivity index (χ1n) is 5.51. The van der Waals surface area contributed by atoms with Crippen LogP contribution in [0.2, 0.25) is 5.15 Å². The molecule has 0 saturated heterocycles. The number of nitrogens with zero attached hydrogens (tertiary/aromatic N) is 2. The molecular formula is C12H12ClN3O2. The maximum atomic E-state index is 12.2. The molecule has 0 aliphatic rings. The Morgan fingerprint density at radius 1 is 1.39 bits per heavy atom. The second-order valence-corrected chi connectivity index (χ2v) is 4.25. The number of rotatable bonds is 2. The molecule has 2 rings (SSSR count). The van der Waals surface area contributed by atoms with Crippen LogP contribution in [-0.2, 0) is 6.42 Å². The summed E-state index contributed by atoms with van der Waals surface area (Å²) in [7, 11) is 0. The van der Waals surface area contributed by atoms with Gasteiger partial charge in [-0.25, -0.2) is 9.36 Å². The number of halogens is 1. The maximum absolute atomic E-state index is 12.2. The van der Waals surface area contributed by atoms with Crippen LogP contribution in [0.3, 0.4) is 0 Å². The second-order valence-electron chi connectivity index (χ2n) is 3.87. The normalized spacial score (nSPS) is 10.6. The van der Waals surface area contributed by atoms with Crippen LogP contribution in [0.4, 0.5) is 0 Å². The minimum atomic E-state index is -0.562. The standard InChI is InChI=1S/C12H12ClN3O2/c1-3-9-10(13)15-12(18)16(11(9)17)8-5-4-7(2)14-6-8/h4-6H,3H2,1-2H3,(H,15,18). The van der Waals surface area contributed by atoms with E-state index in [4.69, 9.17) is 11.6 Å². The molecule has 0 radical (unpaired) electrons. The summed E-state index contributed by atoms with van der Waals surface area (Å²) in [6.07, 6.45) is 1.94. The molecule has 0 aliphatic carbocycles. The van der Waals surface area contributed by atoms with E-state index in [1.807, 2.05) is 6.92 Å². The Morgan fingerprint density at radius 3 is 2.67 bits per heavy atom. The monoisotopic (exact) mass is 265 g/mol. The molecule has 0 amide bonds. The first kappa shape index (κ1) is 12.6. The van der Waals surface area contributed by atoms with E-state index in [-0.39, 0.29) is 5.15 Å². The van der Waals surface area contributed by atoms with Crippen LogP contribution in [-0.4, -0.2) is 14.5 Å². The van der Waals surface area contributed by atoms with Gasteiger partial charge in [-0.3, -0.25) is 14.8 Å². The molecule has 0 aromatic carbocycles. The van der Waals surface area contributed by atoms with E-state index in [2.05, 4.69) is 9.97 Å². The van der Waals surface area contributed by atoms with Crippen molar-refractivity contribution in [3.8, 4) is 5.69 Å². The highest BCUT2D eigenvalue weighted by Crippen LogP contribution is 2.08. The predicted octanol–water partition coefficient (Wildman–Crippen LogP) is 1.45. The Hall–Kier alpha value is -1.88. The fraction of sp³-hybridized carbons (Fsp3) is 0.250. The topological polar surface area (TPSA) is 67.8 Å². The molecule has 5 nitrogen and oxygen atoms in total. The third-order valence-electron chi connectivity index (χ3n) is 2.65. The van der Waals surface area contributed by atoms with E-state index < -0.39 is 11.2 Å². The van der Waals surface area contributed by atoms with E-state index in [1.165, 1.54) is 6.20 Å². The summed E-state index contributed by atoms with van der Waals surface area (Å²) in [6.45, 7) is 3.63. The molecule has 1 N–H and O–H groups in total. The van der Waals surface area contributed by atoms with Gasteiger partial charge in [0.25, 0.3) is 5.56 Å². The zero-order chi connectivity index (χ0) is 13.3. The van der Waals surface area contributed by atoms with Crippen molar-refractivity contribution in [3.63, 3.8) is 0 Å². The van der Waals surface area contributed by atoms with Crippen molar-refractivity contribution < 1.29 is 0 Å². The Labute approximate surface area is 108 Å². The average Bonchev–Trinajstić information content (AvgIpc) is 2.31. The first-order chi connectivity index (χ1) is 8.54. The highest BCUT2D eigenvalue weighted by atomic mass is 35.5. The van der Waals surface area contributed by atoms with Gasteiger partial charge in [0.2, 0.25) is 0 Å². The van der Waals surface area contributed by atoms with Gasteiger partial charge >= 0.3 is 5.69 Å². The summed E-state index contributed by atoms with van der Waals surface area (Å²) in [6, 6.07) is 3.41. The fourth-order valence-electron chi connectivity index (χ4n) is 1.68. The molecule has 94 valence electrons. The first-order valence-corrected chi connectivity index (χ1v) is 5.89. The molecule has 0 atom stereocenters. The van der Waals surface area contributed by atoms with Crippen molar-refractivity contribution in [3.05, 3.63) is 55.6 Å². The van der Waals surface area contributed by atoms with Gasteiger partial charge < -0.3 is 0 Å². The summed E-state index contributed by atoms with van der Waals surface area (Å²) >= 11 is 5.84. The van der Waals surface area contributed by atoms with Gasteiger partial charge in [-0.2, -0.15) is 0 Å². The Balaban J connectivity index is 2.76. The van der Waals surface area contributed by atoms with Crippen molar-refractivity contribution in [2.24, 2.45) is 0 Å². The smallest absolute Gasteiger partial charge is 0.297 e. The van der Waals surface area contributed by atoms with Crippen molar-refractivity contribution in [1.29, 1.82) is 0 Å². The molecule has 0 spiro atoms. The molecule has 0 aliphatic heterocycles. The van der Waals surface area contributed by atoms with Crippen LogP contribution < -0.4 is 11.2 Å². The third kappa shape index (κ3) is 2.09. The van der Waals surface area contributed by atoms with Crippen LogP contribution in [0, 0.1) is 6.92 Å². The second kappa shape index (κ2) is 4.78. The van der Waals surface area contributed by atoms with Crippen LogP contribution >= 0.6 is 11.6 Å². The van der Waals surface area contributed by atoms with E-state index in [0.29, 0.717) is 17.7 Å². The quantitative estimate of drug-likeness (QED) is 0.836. The molecular weight excluding hydrogens is 254 g/mol. The Morgan fingerprint density at radius 2 is 2.11 bits per heavy atom. The van der Waals surface area contributed by atoms with Crippen molar-refractivity contribution >= 4 is 11.6 Å². The van der Waals surface area contributed by atoms with Crippen molar-refractivity contribution in [2.75, 3.05) is 0 Å². The summed E-state index contributed by atoms with van der Waals surface area (Å²) in [5, 5.41) is 0.101. The zero-order valence-corrected chi connectivity index (χ0v) is 10.8. The van der Waals surface area contributed by atoms with Gasteiger partial charge in [0.1, 0.15) is 5.15 Å². The molecule has 2 aromatic rings. The zero-order valence-electron chi connectivity index (χ0n) is 10.0. The number of hydrogen-bond donors (Lipinski definition) is 1. The van der Waals surface area contributed by atoms with Gasteiger partial charge in [0.15, 0.2) is 0 Å². The molecule has 0 saturated carbocycles. The third-order valence-corrected chi connectivity index (χ3v) is 2.98. The molecule has 0 unspecified atom stereocenters. The van der Waals surface area contributed by atoms with Crippen LogP contribution in [0.5, 0.6) is 0 Å². The van der Waals surface area contributed by atoms with E-state index >= 15 is 0 Å². The van der Waals surface area contributed by atoms with Crippen molar-refractivity contribution in [1.82, 2.24) is 14.5 Å². The van der Waals surface area contributed by atoms with Gasteiger partial charge in [0, 0.05) is 5.69 Å². The van der Waals surface area contributed by atoms with E-state index in [9.17, 15) is 9.59 Å². The number of pyridine rings is 1. The highest BCUT2D eigenvalue weighted by molar-refractivity contribution is 6.30. The van der Waals surface area contributed by atoms with Gasteiger partial charge in [-0.1, -0.05) is 18.5 Å². The summed E-state index contributed by atoms with van der Waals surface area (Å²) < 4.78 is 1.04. The largest absolute Gasteiger partial charge is 0.334 e. The van der Waals surface area contributed by atoms with Crippen LogP contribution in [0.25, 0.3) is 5.69 Å². The molecule has 2 heterocycles. The SMILES string of the molecule is CCc1c(Cl)[nH]c(=O)n(-c2ccc(C)nc2)c1=O. The highest BCUT2D eigenvalue weighted by Gasteiger charge is 2.12. The molecule has 18 heavy (non-hydrogen) atoms. The minimum Gasteiger partial charge on any atom is -0.297 e. The lowest BCUT2D eigenvalue weighted by Crippen LogP contribution is -2.36. The Kier molecular flexibility index (Phi) is 3.34. The summed E-state index contributed by atoms with van der Waals surface area (Å²) in [5.41, 5.74) is 0.660. The van der Waals surface area contributed by atoms with Crippen molar-refractivity contribution in [2.45, 2.75) is 20.3 Å². The number of H-pyrrole nitrogens is 1. The maximum Gasteiger partial charge on any atom is 0.334 e. The number of aryl methyl sites for hydroxylation is 1. The van der Waals surface area contributed by atoms with E-state index in [0.717, 1.165) is 10.3 Å². The van der Waals surface area contributed by atoms with Gasteiger partial charge in [-0.05, 0) is 25.5 Å². The molecule has 0 bridgehead atoms. The Bertz CT molecular complexity index is 686. The lowest BCUT2D eigenvalue weighted by atomic mass is 10.2. The van der Waals surface area contributed by atoms with Gasteiger partial charge in [-0.15, -0.1) is 0 Å². The molecule has 6 heteroatoms. The minimum absolute atomic E-state index is 0.101. The van der Waals surface area contributed by atoms with Gasteiger partial charge in [0.05, 0.1) is 17.4 Å². The number of hydrogen-bond acceptors (Lipinski definition) is 3. The average molecular weight is 266 g/mol. The molecule has 2 aromatic heterocycles. The van der Waals surface area contributed by atoms with Crippen LogP contribution in [0.15, 0.2) is 27.9 Å². The van der Waals surface area contributed by atoms with Crippen LogP contribution in [0.1, 0.15) is 18.2 Å².